The summed E-state index contributed by atoms with van der Waals surface area (Å²) in [6.07, 6.45) is 2.14. The molecule has 0 radical (unpaired) electrons. The van der Waals surface area contributed by atoms with Gasteiger partial charge < -0.3 is 9.64 Å². The van der Waals surface area contributed by atoms with E-state index in [1.165, 1.54) is 6.07 Å². The summed E-state index contributed by atoms with van der Waals surface area (Å²) in [5, 5.41) is 11.8. The molecular formula is C23H27N3O4. The van der Waals surface area contributed by atoms with Gasteiger partial charge in [0.1, 0.15) is 5.69 Å². The zero-order chi connectivity index (χ0) is 20.9. The number of hydrogen-bond acceptors (Lipinski definition) is 6. The zero-order valence-electron chi connectivity index (χ0n) is 17.0. The van der Waals surface area contributed by atoms with E-state index >= 15 is 0 Å². The zero-order valence-corrected chi connectivity index (χ0v) is 17.0. The third-order valence-corrected chi connectivity index (χ3v) is 5.95. The highest BCUT2D eigenvalue weighted by Gasteiger charge is 2.28. The van der Waals surface area contributed by atoms with Crippen molar-refractivity contribution in [2.45, 2.75) is 12.8 Å². The van der Waals surface area contributed by atoms with E-state index in [0.29, 0.717) is 22.7 Å². The molecule has 0 saturated carbocycles. The van der Waals surface area contributed by atoms with E-state index in [4.69, 9.17) is 4.74 Å². The molecule has 0 amide bonds. The van der Waals surface area contributed by atoms with Crippen LogP contribution in [0.5, 0.6) is 0 Å². The van der Waals surface area contributed by atoms with Gasteiger partial charge in [0.15, 0.2) is 5.78 Å². The fourth-order valence-corrected chi connectivity index (χ4v) is 4.42. The molecule has 7 nitrogen and oxygen atoms in total. The molecule has 2 fully saturated rings. The molecule has 2 aliphatic heterocycles. The van der Waals surface area contributed by atoms with Gasteiger partial charge in [-0.15, -0.1) is 0 Å². The summed E-state index contributed by atoms with van der Waals surface area (Å²) < 4.78 is 5.43. The number of ether oxygens (including phenoxy) is 1. The Morgan fingerprint density at radius 2 is 1.83 bits per heavy atom. The standard InChI is InChI=1S/C23H27N3O4/c27-23(19-6-2-1-3-7-19)20-8-9-21(22(15-20)26(28)29)25-10-4-5-18(17-25)16-24-11-13-30-14-12-24/h1-3,6-9,15,18H,4-5,10-14,16-17H2. The van der Waals surface area contributed by atoms with Crippen LogP contribution >= 0.6 is 0 Å². The van der Waals surface area contributed by atoms with Gasteiger partial charge in [0, 0.05) is 49.9 Å². The summed E-state index contributed by atoms with van der Waals surface area (Å²) in [5.74, 6) is 0.274. The minimum atomic E-state index is -0.372. The van der Waals surface area contributed by atoms with Crippen LogP contribution in [0.3, 0.4) is 0 Å². The second kappa shape index (κ2) is 9.36. The number of hydrogen-bond donors (Lipinski definition) is 0. The first kappa shape index (κ1) is 20.5. The Hall–Kier alpha value is -2.77. The Morgan fingerprint density at radius 3 is 2.57 bits per heavy atom. The summed E-state index contributed by atoms with van der Waals surface area (Å²) in [6, 6.07) is 13.7. The van der Waals surface area contributed by atoms with Crippen LogP contribution in [0.15, 0.2) is 48.5 Å². The molecule has 0 spiro atoms. The molecule has 1 unspecified atom stereocenters. The molecule has 2 heterocycles. The highest BCUT2D eigenvalue weighted by molar-refractivity contribution is 6.09. The summed E-state index contributed by atoms with van der Waals surface area (Å²) >= 11 is 0. The molecule has 0 bridgehead atoms. The number of nitrogens with zero attached hydrogens (tertiary/aromatic N) is 3. The third-order valence-electron chi connectivity index (χ3n) is 5.95. The SMILES string of the molecule is O=C(c1ccccc1)c1ccc(N2CCCC(CN3CCOCC3)C2)c([N+](=O)[O-])c1. The van der Waals surface area contributed by atoms with Gasteiger partial charge in [-0.1, -0.05) is 30.3 Å². The maximum absolute atomic E-state index is 12.7. The van der Waals surface area contributed by atoms with E-state index in [1.807, 2.05) is 6.07 Å². The van der Waals surface area contributed by atoms with Gasteiger partial charge in [-0.25, -0.2) is 0 Å². The number of ketones is 1. The molecule has 2 aromatic rings. The summed E-state index contributed by atoms with van der Waals surface area (Å²) in [4.78, 5) is 28.7. The molecule has 2 aromatic carbocycles. The van der Waals surface area contributed by atoms with Crippen molar-refractivity contribution in [3.63, 3.8) is 0 Å². The number of anilines is 1. The largest absolute Gasteiger partial charge is 0.379 e. The molecule has 30 heavy (non-hydrogen) atoms. The minimum absolute atomic E-state index is 0.00352. The lowest BCUT2D eigenvalue weighted by atomic mass is 9.96. The van der Waals surface area contributed by atoms with Gasteiger partial charge >= 0.3 is 0 Å². The van der Waals surface area contributed by atoms with Crippen molar-refractivity contribution in [3.8, 4) is 0 Å². The first-order chi connectivity index (χ1) is 14.6. The van der Waals surface area contributed by atoms with E-state index in [0.717, 1.165) is 58.8 Å². The fourth-order valence-electron chi connectivity index (χ4n) is 4.42. The van der Waals surface area contributed by atoms with Crippen molar-refractivity contribution in [1.29, 1.82) is 0 Å². The number of morpholine rings is 1. The van der Waals surface area contributed by atoms with Gasteiger partial charge in [0.05, 0.1) is 18.1 Å². The number of carbonyl (C=O) groups excluding carboxylic acids is 1. The average Bonchev–Trinajstić information content (AvgIpc) is 2.79. The Morgan fingerprint density at radius 1 is 1.07 bits per heavy atom. The Kier molecular flexibility index (Phi) is 6.40. The second-order valence-electron chi connectivity index (χ2n) is 8.02. The molecule has 1 atom stereocenters. The van der Waals surface area contributed by atoms with Crippen molar-refractivity contribution in [3.05, 3.63) is 69.8 Å². The highest BCUT2D eigenvalue weighted by Crippen LogP contribution is 2.33. The monoisotopic (exact) mass is 409 g/mol. The molecule has 2 aliphatic rings. The lowest BCUT2D eigenvalue weighted by Crippen LogP contribution is -2.44. The van der Waals surface area contributed by atoms with Gasteiger partial charge in [0.25, 0.3) is 5.69 Å². The first-order valence-corrected chi connectivity index (χ1v) is 10.5. The normalized spacial score (nSPS) is 20.1. The van der Waals surface area contributed by atoms with Crippen LogP contribution in [0.25, 0.3) is 0 Å². The van der Waals surface area contributed by atoms with Crippen LogP contribution in [-0.2, 0) is 4.74 Å². The van der Waals surface area contributed by atoms with Crippen molar-refractivity contribution in [1.82, 2.24) is 4.90 Å². The number of rotatable bonds is 6. The summed E-state index contributed by atoms with van der Waals surface area (Å²) in [7, 11) is 0. The number of benzene rings is 2. The minimum Gasteiger partial charge on any atom is -0.379 e. The fraction of sp³-hybridized carbons (Fsp3) is 0.435. The smallest absolute Gasteiger partial charge is 0.293 e. The van der Waals surface area contributed by atoms with Crippen LogP contribution in [-0.4, -0.2) is 61.5 Å². The number of carbonyl (C=O) groups is 1. The lowest BCUT2D eigenvalue weighted by Gasteiger charge is -2.37. The van der Waals surface area contributed by atoms with E-state index in [2.05, 4.69) is 9.80 Å². The van der Waals surface area contributed by atoms with Crippen molar-refractivity contribution in [2.75, 3.05) is 50.8 Å². The van der Waals surface area contributed by atoms with E-state index in [9.17, 15) is 14.9 Å². The number of piperidine rings is 1. The van der Waals surface area contributed by atoms with E-state index in [-0.39, 0.29) is 16.4 Å². The van der Waals surface area contributed by atoms with Crippen LogP contribution in [0, 0.1) is 16.0 Å². The lowest BCUT2D eigenvalue weighted by molar-refractivity contribution is -0.384. The third kappa shape index (κ3) is 4.68. The average molecular weight is 409 g/mol. The second-order valence-corrected chi connectivity index (χ2v) is 8.02. The maximum atomic E-state index is 12.7. The molecular weight excluding hydrogens is 382 g/mol. The predicted octanol–water partition coefficient (Wildman–Crippen LogP) is 3.37. The molecule has 158 valence electrons. The molecule has 0 N–H and O–H groups in total. The topological polar surface area (TPSA) is 75.9 Å². The molecule has 4 rings (SSSR count). The van der Waals surface area contributed by atoms with Crippen LogP contribution in [0.2, 0.25) is 0 Å². The molecule has 7 heteroatoms. The Labute approximate surface area is 176 Å². The van der Waals surface area contributed by atoms with Gasteiger partial charge in [0.2, 0.25) is 0 Å². The Balaban J connectivity index is 1.52. The van der Waals surface area contributed by atoms with Gasteiger partial charge in [-0.05, 0) is 30.9 Å². The first-order valence-electron chi connectivity index (χ1n) is 10.5. The van der Waals surface area contributed by atoms with Crippen molar-refractivity contribution < 1.29 is 14.5 Å². The summed E-state index contributed by atoms with van der Waals surface area (Å²) in [5.41, 5.74) is 1.49. The van der Waals surface area contributed by atoms with Gasteiger partial charge in [-0.3, -0.25) is 19.8 Å². The van der Waals surface area contributed by atoms with Crippen LogP contribution in [0.1, 0.15) is 28.8 Å². The molecule has 0 aliphatic carbocycles. The number of nitro groups is 1. The molecule has 0 aromatic heterocycles. The Bertz CT molecular complexity index is 897. The predicted molar refractivity (Wildman–Crippen MR) is 115 cm³/mol. The highest BCUT2D eigenvalue weighted by atomic mass is 16.6. The van der Waals surface area contributed by atoms with Crippen LogP contribution in [0.4, 0.5) is 11.4 Å². The quantitative estimate of drug-likeness (QED) is 0.414. The van der Waals surface area contributed by atoms with Crippen LogP contribution < -0.4 is 4.90 Å². The van der Waals surface area contributed by atoms with E-state index < -0.39 is 0 Å². The summed E-state index contributed by atoms with van der Waals surface area (Å²) in [6.45, 7) is 6.05. The van der Waals surface area contributed by atoms with E-state index in [1.54, 1.807) is 36.4 Å². The van der Waals surface area contributed by atoms with Crippen molar-refractivity contribution >= 4 is 17.2 Å². The number of nitro benzene ring substituents is 1. The van der Waals surface area contributed by atoms with Gasteiger partial charge in [-0.2, -0.15) is 0 Å². The maximum Gasteiger partial charge on any atom is 0.293 e. The van der Waals surface area contributed by atoms with Crippen molar-refractivity contribution in [2.24, 2.45) is 5.92 Å². The molecule has 2 saturated heterocycles.